The van der Waals surface area contributed by atoms with E-state index in [0.29, 0.717) is 18.9 Å². The molecule has 120 valence electrons. The van der Waals surface area contributed by atoms with Gasteiger partial charge in [0.1, 0.15) is 6.61 Å². The molecule has 3 rings (SSSR count). The van der Waals surface area contributed by atoms with Crippen LogP contribution in [-0.2, 0) is 0 Å². The highest BCUT2D eigenvalue weighted by Gasteiger charge is 2.20. The SMILES string of the molecule is Cc1cc(C)cc(NC(=O)NC[C@@H]2COc3ccccc3O2)c1. The molecule has 0 saturated heterocycles. The summed E-state index contributed by atoms with van der Waals surface area (Å²) in [5, 5.41) is 5.65. The van der Waals surface area contributed by atoms with Crippen LogP contribution in [-0.4, -0.2) is 25.3 Å². The van der Waals surface area contributed by atoms with Crippen LogP contribution in [0.1, 0.15) is 11.1 Å². The first kappa shape index (κ1) is 15.2. The van der Waals surface area contributed by atoms with Crippen molar-refractivity contribution in [2.24, 2.45) is 0 Å². The van der Waals surface area contributed by atoms with Crippen molar-refractivity contribution in [3.63, 3.8) is 0 Å². The van der Waals surface area contributed by atoms with E-state index in [1.54, 1.807) is 0 Å². The molecule has 2 N–H and O–H groups in total. The summed E-state index contributed by atoms with van der Waals surface area (Å²) in [6, 6.07) is 13.2. The molecule has 0 spiro atoms. The summed E-state index contributed by atoms with van der Waals surface area (Å²) in [4.78, 5) is 12.0. The van der Waals surface area contributed by atoms with Crippen molar-refractivity contribution in [2.45, 2.75) is 20.0 Å². The lowest BCUT2D eigenvalue weighted by Gasteiger charge is -2.26. The van der Waals surface area contributed by atoms with Crippen molar-refractivity contribution in [1.29, 1.82) is 0 Å². The average Bonchev–Trinajstić information content (AvgIpc) is 2.52. The standard InChI is InChI=1S/C18H20N2O3/c1-12-7-13(2)9-14(8-12)20-18(21)19-10-15-11-22-16-5-3-4-6-17(16)23-15/h3-9,15H,10-11H2,1-2H3,(H2,19,20,21)/t15-/m1/s1. The summed E-state index contributed by atoms with van der Waals surface area (Å²) in [6.45, 7) is 4.80. The van der Waals surface area contributed by atoms with Crippen LogP contribution in [0.4, 0.5) is 10.5 Å². The molecule has 0 radical (unpaired) electrons. The van der Waals surface area contributed by atoms with Crippen molar-refractivity contribution in [2.75, 3.05) is 18.5 Å². The topological polar surface area (TPSA) is 59.6 Å². The molecule has 5 heteroatoms. The lowest BCUT2D eigenvalue weighted by atomic mass is 10.1. The molecule has 5 nitrogen and oxygen atoms in total. The first-order valence-electron chi connectivity index (χ1n) is 7.62. The van der Waals surface area contributed by atoms with Crippen LogP contribution < -0.4 is 20.1 Å². The molecule has 0 unspecified atom stereocenters. The highest BCUT2D eigenvalue weighted by molar-refractivity contribution is 5.89. The van der Waals surface area contributed by atoms with Crippen LogP contribution in [0.2, 0.25) is 0 Å². The third-order valence-corrected chi connectivity index (χ3v) is 3.54. The zero-order chi connectivity index (χ0) is 16.2. The van der Waals surface area contributed by atoms with E-state index >= 15 is 0 Å². The number of rotatable bonds is 3. The maximum absolute atomic E-state index is 12.0. The Morgan fingerprint density at radius 2 is 1.83 bits per heavy atom. The highest BCUT2D eigenvalue weighted by atomic mass is 16.6. The van der Waals surface area contributed by atoms with Crippen LogP contribution >= 0.6 is 0 Å². The van der Waals surface area contributed by atoms with Crippen molar-refractivity contribution >= 4 is 11.7 Å². The summed E-state index contributed by atoms with van der Waals surface area (Å²) < 4.78 is 11.4. The molecular weight excluding hydrogens is 292 g/mol. The largest absolute Gasteiger partial charge is 0.486 e. The van der Waals surface area contributed by atoms with E-state index in [1.165, 1.54) is 0 Å². The first-order valence-corrected chi connectivity index (χ1v) is 7.62. The third kappa shape index (κ3) is 3.94. The van der Waals surface area contributed by atoms with E-state index in [-0.39, 0.29) is 12.1 Å². The van der Waals surface area contributed by atoms with Gasteiger partial charge in [-0.25, -0.2) is 4.79 Å². The molecule has 0 aromatic heterocycles. The van der Waals surface area contributed by atoms with Gasteiger partial charge in [-0.15, -0.1) is 0 Å². The predicted molar refractivity (Wildman–Crippen MR) is 89.3 cm³/mol. The number of ether oxygens (including phenoxy) is 2. The number of hydrogen-bond acceptors (Lipinski definition) is 3. The van der Waals surface area contributed by atoms with E-state index in [1.807, 2.05) is 50.2 Å². The lowest BCUT2D eigenvalue weighted by molar-refractivity contribution is 0.0922. The lowest BCUT2D eigenvalue weighted by Crippen LogP contribution is -2.42. The summed E-state index contributed by atoms with van der Waals surface area (Å²) in [7, 11) is 0. The normalized spacial score (nSPS) is 15.8. The Bertz CT molecular complexity index is 695. The summed E-state index contributed by atoms with van der Waals surface area (Å²) >= 11 is 0. The van der Waals surface area contributed by atoms with Crippen LogP contribution in [0.5, 0.6) is 11.5 Å². The highest BCUT2D eigenvalue weighted by Crippen LogP contribution is 2.30. The second-order valence-corrected chi connectivity index (χ2v) is 5.71. The second kappa shape index (κ2) is 6.60. The third-order valence-electron chi connectivity index (χ3n) is 3.54. The van der Waals surface area contributed by atoms with Gasteiger partial charge in [0, 0.05) is 5.69 Å². The van der Waals surface area contributed by atoms with E-state index in [9.17, 15) is 4.79 Å². The number of nitrogens with one attached hydrogen (secondary N) is 2. The van der Waals surface area contributed by atoms with Gasteiger partial charge in [-0.3, -0.25) is 0 Å². The number of amides is 2. The Kier molecular flexibility index (Phi) is 4.37. The van der Waals surface area contributed by atoms with Gasteiger partial charge in [-0.2, -0.15) is 0 Å². The number of benzene rings is 2. The molecule has 23 heavy (non-hydrogen) atoms. The monoisotopic (exact) mass is 312 g/mol. The number of hydrogen-bond donors (Lipinski definition) is 2. The molecule has 0 aliphatic carbocycles. The second-order valence-electron chi connectivity index (χ2n) is 5.71. The summed E-state index contributed by atoms with van der Waals surface area (Å²) in [6.07, 6.45) is -0.199. The fraction of sp³-hybridized carbons (Fsp3) is 0.278. The zero-order valence-corrected chi connectivity index (χ0v) is 13.3. The molecule has 0 bridgehead atoms. The van der Waals surface area contributed by atoms with Crippen molar-refractivity contribution in [1.82, 2.24) is 5.32 Å². The number of aryl methyl sites for hydroxylation is 2. The molecule has 2 aromatic rings. The molecule has 1 atom stereocenters. The van der Waals surface area contributed by atoms with Crippen LogP contribution in [0.3, 0.4) is 0 Å². The molecule has 2 amide bonds. The van der Waals surface area contributed by atoms with Gasteiger partial charge in [-0.1, -0.05) is 18.2 Å². The van der Waals surface area contributed by atoms with E-state index in [2.05, 4.69) is 16.7 Å². The van der Waals surface area contributed by atoms with Crippen LogP contribution in [0.15, 0.2) is 42.5 Å². The number of para-hydroxylation sites is 2. The van der Waals surface area contributed by atoms with Gasteiger partial charge in [-0.05, 0) is 49.2 Å². The molecule has 1 aliphatic rings. The molecule has 1 aliphatic heterocycles. The number of fused-ring (bicyclic) bond motifs is 1. The van der Waals surface area contributed by atoms with Crippen LogP contribution in [0.25, 0.3) is 0 Å². The van der Waals surface area contributed by atoms with Gasteiger partial charge in [0.05, 0.1) is 6.54 Å². The minimum atomic E-state index is -0.252. The molecular formula is C18H20N2O3. The number of carbonyl (C=O) groups excluding carboxylic acids is 1. The molecule has 0 saturated carbocycles. The first-order chi connectivity index (χ1) is 11.1. The van der Waals surface area contributed by atoms with Gasteiger partial charge < -0.3 is 20.1 Å². The van der Waals surface area contributed by atoms with Crippen LogP contribution in [0, 0.1) is 13.8 Å². The quantitative estimate of drug-likeness (QED) is 0.914. The van der Waals surface area contributed by atoms with Crippen molar-refractivity contribution in [3.05, 3.63) is 53.6 Å². The van der Waals surface area contributed by atoms with Gasteiger partial charge in [0.2, 0.25) is 0 Å². The maximum Gasteiger partial charge on any atom is 0.319 e. The molecule has 0 fully saturated rings. The Hall–Kier alpha value is -2.69. The Morgan fingerprint density at radius 3 is 2.57 bits per heavy atom. The number of carbonyl (C=O) groups is 1. The summed E-state index contributed by atoms with van der Waals surface area (Å²) in [5.74, 6) is 1.45. The van der Waals surface area contributed by atoms with E-state index in [0.717, 1.165) is 22.6 Å². The van der Waals surface area contributed by atoms with Crippen molar-refractivity contribution in [3.8, 4) is 11.5 Å². The zero-order valence-electron chi connectivity index (χ0n) is 13.3. The Balaban J connectivity index is 1.52. The smallest absolute Gasteiger partial charge is 0.319 e. The fourth-order valence-electron chi connectivity index (χ4n) is 2.59. The Morgan fingerprint density at radius 1 is 1.13 bits per heavy atom. The van der Waals surface area contributed by atoms with Gasteiger partial charge in [0.15, 0.2) is 17.6 Å². The number of anilines is 1. The summed E-state index contributed by atoms with van der Waals surface area (Å²) in [5.41, 5.74) is 3.01. The predicted octanol–water partition coefficient (Wildman–Crippen LogP) is 3.26. The van der Waals surface area contributed by atoms with Gasteiger partial charge in [0.25, 0.3) is 0 Å². The Labute approximate surface area is 135 Å². The molecule has 1 heterocycles. The maximum atomic E-state index is 12.0. The molecule has 2 aromatic carbocycles. The number of urea groups is 1. The average molecular weight is 312 g/mol. The van der Waals surface area contributed by atoms with Crippen molar-refractivity contribution < 1.29 is 14.3 Å². The van der Waals surface area contributed by atoms with E-state index in [4.69, 9.17) is 9.47 Å². The van der Waals surface area contributed by atoms with E-state index < -0.39 is 0 Å². The fourth-order valence-corrected chi connectivity index (χ4v) is 2.59. The minimum absolute atomic E-state index is 0.199. The minimum Gasteiger partial charge on any atom is -0.486 e. The van der Waals surface area contributed by atoms with Gasteiger partial charge >= 0.3 is 6.03 Å².